The van der Waals surface area contributed by atoms with Crippen LogP contribution in [-0.2, 0) is 6.54 Å². The van der Waals surface area contributed by atoms with Gasteiger partial charge in [-0.2, -0.15) is 0 Å². The lowest BCUT2D eigenvalue weighted by Crippen LogP contribution is -2.66. The molecule has 2 saturated heterocycles. The maximum atomic E-state index is 6.01. The molecular formula is C22H23ClN2S. The van der Waals surface area contributed by atoms with Crippen LogP contribution in [0.1, 0.15) is 24.6 Å². The minimum absolute atomic E-state index is 0.415. The highest BCUT2D eigenvalue weighted by Gasteiger charge is 2.46. The quantitative estimate of drug-likeness (QED) is 0.639. The lowest BCUT2D eigenvalue weighted by molar-refractivity contribution is 0.0468. The number of nitrogens with zero attached hydrogens (tertiary/aromatic N) is 1. The standard InChI is InChI=1S/C22H23ClN2S/c1-15-8-9-22(24-15)13-25(14-22)12-20-11-18-10-17(4-7-21(18)26-20)16-2-5-19(23)6-3-16/h2-7,10-11,15,24H,8-9,12-14H2,1H3. The number of thiophene rings is 1. The molecule has 0 aliphatic carbocycles. The van der Waals surface area contributed by atoms with Crippen LogP contribution in [0.25, 0.3) is 21.2 Å². The highest BCUT2D eigenvalue weighted by atomic mass is 35.5. The average Bonchev–Trinajstić information content (AvgIpc) is 3.18. The SMILES string of the molecule is CC1CCC2(CN(Cc3cc4cc(-c5ccc(Cl)cc5)ccc4s3)C2)N1. The number of halogens is 1. The number of nitrogens with one attached hydrogen (secondary N) is 1. The van der Waals surface area contributed by atoms with Crippen molar-refractivity contribution in [1.82, 2.24) is 10.2 Å². The Balaban J connectivity index is 1.32. The van der Waals surface area contributed by atoms with Crippen molar-refractivity contribution in [1.29, 1.82) is 0 Å². The summed E-state index contributed by atoms with van der Waals surface area (Å²) in [6.45, 7) is 5.78. The van der Waals surface area contributed by atoms with Gasteiger partial charge in [-0.15, -0.1) is 11.3 Å². The summed E-state index contributed by atoms with van der Waals surface area (Å²) in [7, 11) is 0. The van der Waals surface area contributed by atoms with E-state index in [4.69, 9.17) is 11.6 Å². The summed E-state index contributed by atoms with van der Waals surface area (Å²) >= 11 is 7.94. The molecule has 1 atom stereocenters. The predicted molar refractivity (Wildman–Crippen MR) is 112 cm³/mol. The normalized spacial score (nSPS) is 22.2. The molecule has 0 amide bonds. The summed E-state index contributed by atoms with van der Waals surface area (Å²) in [5.41, 5.74) is 2.89. The highest BCUT2D eigenvalue weighted by Crippen LogP contribution is 2.36. The zero-order chi connectivity index (χ0) is 17.7. The number of hydrogen-bond acceptors (Lipinski definition) is 3. The molecule has 134 valence electrons. The first kappa shape index (κ1) is 16.8. The third-order valence-electron chi connectivity index (χ3n) is 5.79. The smallest absolute Gasteiger partial charge is 0.0440 e. The number of likely N-dealkylation sites (tertiary alicyclic amines) is 1. The highest BCUT2D eigenvalue weighted by molar-refractivity contribution is 7.19. The molecule has 1 spiro atoms. The zero-order valence-electron chi connectivity index (χ0n) is 15.0. The van der Waals surface area contributed by atoms with Gasteiger partial charge in [0.2, 0.25) is 0 Å². The molecule has 0 bridgehead atoms. The van der Waals surface area contributed by atoms with Crippen LogP contribution in [-0.4, -0.2) is 29.6 Å². The van der Waals surface area contributed by atoms with Gasteiger partial charge >= 0.3 is 0 Å². The first-order valence-corrected chi connectivity index (χ1v) is 10.6. The van der Waals surface area contributed by atoms with E-state index in [1.54, 1.807) is 0 Å². The van der Waals surface area contributed by atoms with Crippen LogP contribution in [0.3, 0.4) is 0 Å². The van der Waals surface area contributed by atoms with Crippen LogP contribution < -0.4 is 5.32 Å². The maximum absolute atomic E-state index is 6.01. The van der Waals surface area contributed by atoms with Gasteiger partial charge in [0.25, 0.3) is 0 Å². The molecular weight excluding hydrogens is 360 g/mol. The monoisotopic (exact) mass is 382 g/mol. The summed E-state index contributed by atoms with van der Waals surface area (Å²) in [6, 6.07) is 17.9. The lowest BCUT2D eigenvalue weighted by Gasteiger charge is -2.48. The third-order valence-corrected chi connectivity index (χ3v) is 7.14. The van der Waals surface area contributed by atoms with E-state index in [-0.39, 0.29) is 0 Å². The molecule has 3 aromatic rings. The molecule has 2 aromatic carbocycles. The van der Waals surface area contributed by atoms with E-state index in [0.717, 1.165) is 11.6 Å². The number of fused-ring (bicyclic) bond motifs is 1. The van der Waals surface area contributed by atoms with Gasteiger partial charge in [-0.05, 0) is 66.6 Å². The first-order chi connectivity index (χ1) is 12.6. The van der Waals surface area contributed by atoms with Crippen molar-refractivity contribution in [2.24, 2.45) is 0 Å². The fourth-order valence-electron chi connectivity index (χ4n) is 4.55. The molecule has 1 N–H and O–H groups in total. The Morgan fingerprint density at radius 1 is 1.12 bits per heavy atom. The maximum Gasteiger partial charge on any atom is 0.0440 e. The third kappa shape index (κ3) is 3.07. The minimum Gasteiger partial charge on any atom is -0.306 e. The number of benzene rings is 2. The van der Waals surface area contributed by atoms with Crippen molar-refractivity contribution >= 4 is 33.0 Å². The zero-order valence-corrected chi connectivity index (χ0v) is 16.5. The van der Waals surface area contributed by atoms with Crippen LogP contribution in [0.15, 0.2) is 48.5 Å². The molecule has 3 heterocycles. The minimum atomic E-state index is 0.415. The Hall–Kier alpha value is -1.39. The van der Waals surface area contributed by atoms with Gasteiger partial charge in [-0.3, -0.25) is 4.90 Å². The molecule has 1 aromatic heterocycles. The lowest BCUT2D eigenvalue weighted by atomic mass is 9.88. The molecule has 2 nitrogen and oxygen atoms in total. The fourth-order valence-corrected chi connectivity index (χ4v) is 5.76. The molecule has 0 radical (unpaired) electrons. The number of rotatable bonds is 3. The van der Waals surface area contributed by atoms with E-state index in [1.165, 1.54) is 52.0 Å². The van der Waals surface area contributed by atoms with Crippen LogP contribution in [0.5, 0.6) is 0 Å². The van der Waals surface area contributed by atoms with Crippen LogP contribution in [0.2, 0.25) is 5.02 Å². The Labute approximate surface area is 163 Å². The summed E-state index contributed by atoms with van der Waals surface area (Å²) in [5.74, 6) is 0. The average molecular weight is 383 g/mol. The van der Waals surface area contributed by atoms with Crippen molar-refractivity contribution in [2.45, 2.75) is 37.9 Å². The Morgan fingerprint density at radius 3 is 2.62 bits per heavy atom. The van der Waals surface area contributed by atoms with E-state index in [0.29, 0.717) is 11.6 Å². The van der Waals surface area contributed by atoms with Crippen molar-refractivity contribution in [3.8, 4) is 11.1 Å². The van der Waals surface area contributed by atoms with Gasteiger partial charge in [-0.1, -0.05) is 29.8 Å². The van der Waals surface area contributed by atoms with Crippen molar-refractivity contribution in [3.05, 3.63) is 58.4 Å². The Morgan fingerprint density at radius 2 is 1.88 bits per heavy atom. The molecule has 26 heavy (non-hydrogen) atoms. The second-order valence-corrected chi connectivity index (χ2v) is 9.59. The van der Waals surface area contributed by atoms with Gasteiger partial charge in [0.05, 0.1) is 0 Å². The predicted octanol–water partition coefficient (Wildman–Crippen LogP) is 5.55. The van der Waals surface area contributed by atoms with E-state index in [2.05, 4.69) is 53.5 Å². The molecule has 2 fully saturated rings. The summed E-state index contributed by atoms with van der Waals surface area (Å²) in [6.07, 6.45) is 2.66. The van der Waals surface area contributed by atoms with Gasteiger partial charge < -0.3 is 5.32 Å². The van der Waals surface area contributed by atoms with Gasteiger partial charge in [0.15, 0.2) is 0 Å². The van der Waals surface area contributed by atoms with E-state index >= 15 is 0 Å². The molecule has 2 aliphatic rings. The largest absolute Gasteiger partial charge is 0.306 e. The van der Waals surface area contributed by atoms with Crippen LogP contribution >= 0.6 is 22.9 Å². The second kappa shape index (κ2) is 6.35. The fraction of sp³-hybridized carbons (Fsp3) is 0.364. The van der Waals surface area contributed by atoms with Crippen LogP contribution in [0, 0.1) is 0 Å². The number of hydrogen-bond donors (Lipinski definition) is 1. The van der Waals surface area contributed by atoms with E-state index in [9.17, 15) is 0 Å². The molecule has 2 aliphatic heterocycles. The van der Waals surface area contributed by atoms with E-state index < -0.39 is 0 Å². The van der Waals surface area contributed by atoms with Gasteiger partial charge in [0, 0.05) is 45.8 Å². The first-order valence-electron chi connectivity index (χ1n) is 9.37. The van der Waals surface area contributed by atoms with Gasteiger partial charge in [-0.25, -0.2) is 0 Å². The summed E-state index contributed by atoms with van der Waals surface area (Å²) in [4.78, 5) is 4.05. The van der Waals surface area contributed by atoms with E-state index in [1.807, 2.05) is 23.5 Å². The van der Waals surface area contributed by atoms with Crippen LogP contribution in [0.4, 0.5) is 0 Å². The summed E-state index contributed by atoms with van der Waals surface area (Å²) in [5, 5.41) is 5.92. The second-order valence-electron chi connectivity index (χ2n) is 7.98. The molecule has 1 unspecified atom stereocenters. The van der Waals surface area contributed by atoms with Crippen molar-refractivity contribution in [2.75, 3.05) is 13.1 Å². The van der Waals surface area contributed by atoms with Gasteiger partial charge in [0.1, 0.15) is 0 Å². The molecule has 0 saturated carbocycles. The summed E-state index contributed by atoms with van der Waals surface area (Å²) < 4.78 is 1.38. The van der Waals surface area contributed by atoms with Crippen molar-refractivity contribution < 1.29 is 0 Å². The Bertz CT molecular complexity index is 940. The topological polar surface area (TPSA) is 15.3 Å². The molecule has 4 heteroatoms. The Kier molecular flexibility index (Phi) is 4.09. The van der Waals surface area contributed by atoms with Crippen molar-refractivity contribution in [3.63, 3.8) is 0 Å². The molecule has 5 rings (SSSR count).